The van der Waals surface area contributed by atoms with Gasteiger partial charge in [-0.15, -0.1) is 0 Å². The van der Waals surface area contributed by atoms with E-state index >= 15 is 0 Å². The van der Waals surface area contributed by atoms with E-state index in [0.29, 0.717) is 17.6 Å². The first-order valence-electron chi connectivity index (χ1n) is 6.65. The van der Waals surface area contributed by atoms with Crippen LogP contribution in [0, 0.1) is 5.41 Å². The third kappa shape index (κ3) is 2.86. The SMILES string of the molecule is C/C=C/CCNC1CC(OCC)C1(C)CC. The van der Waals surface area contributed by atoms with Crippen molar-refractivity contribution in [2.24, 2.45) is 5.41 Å². The highest BCUT2D eigenvalue weighted by molar-refractivity contribution is 5.04. The summed E-state index contributed by atoms with van der Waals surface area (Å²) < 4.78 is 5.79. The van der Waals surface area contributed by atoms with Crippen LogP contribution in [0.4, 0.5) is 0 Å². The Kier molecular flexibility index (Phi) is 5.50. The van der Waals surface area contributed by atoms with Gasteiger partial charge in [-0.25, -0.2) is 0 Å². The van der Waals surface area contributed by atoms with Crippen LogP contribution in [0.1, 0.15) is 47.0 Å². The molecule has 1 rings (SSSR count). The van der Waals surface area contributed by atoms with Crippen molar-refractivity contribution >= 4 is 0 Å². The minimum atomic E-state index is 0.339. The van der Waals surface area contributed by atoms with Gasteiger partial charge in [-0.2, -0.15) is 0 Å². The van der Waals surface area contributed by atoms with Crippen molar-refractivity contribution in [3.05, 3.63) is 12.2 Å². The lowest BCUT2D eigenvalue weighted by Gasteiger charge is -2.53. The number of hydrogen-bond donors (Lipinski definition) is 1. The molecule has 0 aliphatic heterocycles. The average Bonchev–Trinajstić information content (AvgIpc) is 2.30. The fourth-order valence-electron chi connectivity index (χ4n) is 2.57. The monoisotopic (exact) mass is 225 g/mol. The summed E-state index contributed by atoms with van der Waals surface area (Å²) in [5.74, 6) is 0. The lowest BCUT2D eigenvalue weighted by Crippen LogP contribution is -2.62. The maximum atomic E-state index is 5.79. The Morgan fingerprint density at radius 3 is 2.75 bits per heavy atom. The molecule has 94 valence electrons. The van der Waals surface area contributed by atoms with Gasteiger partial charge in [0.2, 0.25) is 0 Å². The van der Waals surface area contributed by atoms with Gasteiger partial charge in [0.05, 0.1) is 6.10 Å². The van der Waals surface area contributed by atoms with Gasteiger partial charge < -0.3 is 10.1 Å². The Hall–Kier alpha value is -0.340. The zero-order valence-electron chi connectivity index (χ0n) is 11.3. The van der Waals surface area contributed by atoms with Gasteiger partial charge in [-0.3, -0.25) is 0 Å². The maximum Gasteiger partial charge on any atom is 0.0658 e. The number of hydrogen-bond acceptors (Lipinski definition) is 2. The summed E-state index contributed by atoms with van der Waals surface area (Å²) in [6, 6.07) is 0.638. The van der Waals surface area contributed by atoms with Gasteiger partial charge in [0.15, 0.2) is 0 Å². The van der Waals surface area contributed by atoms with Crippen molar-refractivity contribution in [3.63, 3.8) is 0 Å². The zero-order chi connectivity index (χ0) is 12.0. The second-order valence-corrected chi connectivity index (χ2v) is 4.90. The second kappa shape index (κ2) is 6.41. The molecule has 0 spiro atoms. The molecule has 0 aromatic heterocycles. The number of ether oxygens (including phenoxy) is 1. The lowest BCUT2D eigenvalue weighted by molar-refractivity contribution is -0.125. The van der Waals surface area contributed by atoms with Gasteiger partial charge in [-0.1, -0.05) is 26.0 Å². The summed E-state index contributed by atoms with van der Waals surface area (Å²) in [5.41, 5.74) is 0.339. The summed E-state index contributed by atoms with van der Waals surface area (Å²) in [6.45, 7) is 10.7. The zero-order valence-corrected chi connectivity index (χ0v) is 11.3. The molecule has 3 atom stereocenters. The van der Waals surface area contributed by atoms with E-state index in [9.17, 15) is 0 Å². The van der Waals surface area contributed by atoms with Crippen molar-refractivity contribution < 1.29 is 4.74 Å². The minimum absolute atomic E-state index is 0.339. The average molecular weight is 225 g/mol. The third-order valence-corrected chi connectivity index (χ3v) is 4.05. The van der Waals surface area contributed by atoms with Gasteiger partial charge in [0.25, 0.3) is 0 Å². The topological polar surface area (TPSA) is 21.3 Å². The fraction of sp³-hybridized carbons (Fsp3) is 0.857. The first-order valence-corrected chi connectivity index (χ1v) is 6.65. The highest BCUT2D eigenvalue weighted by Gasteiger charge is 2.50. The van der Waals surface area contributed by atoms with Crippen molar-refractivity contribution in [2.45, 2.75) is 59.1 Å². The quantitative estimate of drug-likeness (QED) is 0.531. The molecule has 2 nitrogen and oxygen atoms in total. The summed E-state index contributed by atoms with van der Waals surface area (Å²) in [7, 11) is 0. The van der Waals surface area contributed by atoms with Crippen LogP contribution < -0.4 is 5.32 Å². The van der Waals surface area contributed by atoms with E-state index in [1.807, 2.05) is 0 Å². The van der Waals surface area contributed by atoms with E-state index < -0.39 is 0 Å². The molecule has 1 saturated carbocycles. The first kappa shape index (κ1) is 13.7. The molecular weight excluding hydrogens is 198 g/mol. The van der Waals surface area contributed by atoms with E-state index in [1.165, 1.54) is 12.8 Å². The third-order valence-electron chi connectivity index (χ3n) is 4.05. The normalized spacial score (nSPS) is 34.2. The van der Waals surface area contributed by atoms with Crippen molar-refractivity contribution in [1.29, 1.82) is 0 Å². The van der Waals surface area contributed by atoms with Gasteiger partial charge in [-0.05, 0) is 39.7 Å². The Balaban J connectivity index is 2.33. The second-order valence-electron chi connectivity index (χ2n) is 4.90. The fourth-order valence-corrected chi connectivity index (χ4v) is 2.57. The van der Waals surface area contributed by atoms with Crippen LogP contribution in [0.3, 0.4) is 0 Å². The molecule has 16 heavy (non-hydrogen) atoms. The Morgan fingerprint density at radius 1 is 1.44 bits per heavy atom. The van der Waals surface area contributed by atoms with Crippen LogP contribution in [-0.2, 0) is 4.74 Å². The lowest BCUT2D eigenvalue weighted by atomic mass is 9.61. The first-order chi connectivity index (χ1) is 7.69. The van der Waals surface area contributed by atoms with Crippen LogP contribution in [0.25, 0.3) is 0 Å². The van der Waals surface area contributed by atoms with Gasteiger partial charge in [0.1, 0.15) is 0 Å². The number of nitrogens with one attached hydrogen (secondary N) is 1. The molecule has 1 fully saturated rings. The largest absolute Gasteiger partial charge is 0.378 e. The standard InChI is InChI=1S/C14H27NO/c1-5-8-9-10-15-12-11-13(16-7-3)14(12,4)6-2/h5,8,12-13,15H,6-7,9-11H2,1-4H3/b8-5+. The predicted octanol–water partition coefficient (Wildman–Crippen LogP) is 3.14. The van der Waals surface area contributed by atoms with Crippen LogP contribution in [0.5, 0.6) is 0 Å². The molecule has 1 aliphatic carbocycles. The Labute approximate surface area is 100 Å². The molecule has 2 heteroatoms. The number of rotatable bonds is 7. The van der Waals surface area contributed by atoms with Crippen molar-refractivity contribution in [3.8, 4) is 0 Å². The van der Waals surface area contributed by atoms with Crippen LogP contribution in [0.2, 0.25) is 0 Å². The molecule has 0 aromatic rings. The smallest absolute Gasteiger partial charge is 0.0658 e. The molecule has 0 heterocycles. The molecular formula is C14H27NO. The number of allylic oxidation sites excluding steroid dienone is 1. The van der Waals surface area contributed by atoms with E-state index in [1.54, 1.807) is 0 Å². The Bertz CT molecular complexity index is 227. The molecule has 0 bridgehead atoms. The summed E-state index contributed by atoms with van der Waals surface area (Å²) in [5, 5.41) is 3.65. The summed E-state index contributed by atoms with van der Waals surface area (Å²) in [4.78, 5) is 0. The minimum Gasteiger partial charge on any atom is -0.378 e. The van der Waals surface area contributed by atoms with Gasteiger partial charge in [0, 0.05) is 18.1 Å². The molecule has 3 unspecified atom stereocenters. The molecule has 1 aliphatic rings. The van der Waals surface area contributed by atoms with E-state index in [-0.39, 0.29) is 0 Å². The van der Waals surface area contributed by atoms with Crippen LogP contribution >= 0.6 is 0 Å². The summed E-state index contributed by atoms with van der Waals surface area (Å²) in [6.07, 6.45) is 8.29. The predicted molar refractivity (Wildman–Crippen MR) is 69.7 cm³/mol. The Morgan fingerprint density at radius 2 is 2.19 bits per heavy atom. The molecule has 0 amide bonds. The molecule has 0 aromatic carbocycles. The molecule has 1 N–H and O–H groups in total. The van der Waals surface area contributed by atoms with E-state index in [0.717, 1.165) is 19.6 Å². The maximum absolute atomic E-state index is 5.79. The van der Waals surface area contributed by atoms with E-state index in [4.69, 9.17) is 4.74 Å². The highest BCUT2D eigenvalue weighted by Crippen LogP contribution is 2.45. The van der Waals surface area contributed by atoms with Gasteiger partial charge >= 0.3 is 0 Å². The highest BCUT2D eigenvalue weighted by atomic mass is 16.5. The van der Waals surface area contributed by atoms with Crippen molar-refractivity contribution in [2.75, 3.05) is 13.2 Å². The van der Waals surface area contributed by atoms with Crippen LogP contribution in [0.15, 0.2) is 12.2 Å². The van der Waals surface area contributed by atoms with Crippen molar-refractivity contribution in [1.82, 2.24) is 5.32 Å². The summed E-state index contributed by atoms with van der Waals surface area (Å²) >= 11 is 0. The van der Waals surface area contributed by atoms with Crippen LogP contribution in [-0.4, -0.2) is 25.3 Å². The molecule has 0 radical (unpaired) electrons. The van der Waals surface area contributed by atoms with E-state index in [2.05, 4.69) is 45.2 Å². The molecule has 0 saturated heterocycles.